The molecule has 3 rings (SSSR count). The molecule has 2 aromatic heterocycles. The molecular weight excluding hydrogens is 354 g/mol. The number of aromatic amines is 1. The van der Waals surface area contributed by atoms with Crippen LogP contribution in [0.15, 0.2) is 50.5 Å². The Balaban J connectivity index is 1.86. The number of non-ortho nitro benzene ring substituents is 1. The predicted molar refractivity (Wildman–Crippen MR) is 82.1 cm³/mol. The predicted octanol–water partition coefficient (Wildman–Crippen LogP) is 3.49. The molecule has 9 heteroatoms. The number of nitrogens with one attached hydrogen (secondary N) is 1. The SMILES string of the molecule is O=[N+]([O-])c1ccc(-c2ccc(/C=N/c3ncn[nH]3)o2)c(Br)c1. The first-order valence-corrected chi connectivity index (χ1v) is 6.86. The number of nitrogens with zero attached hydrogens (tertiary/aromatic N) is 4. The molecule has 0 atom stereocenters. The van der Waals surface area contributed by atoms with Crippen molar-refractivity contribution < 1.29 is 9.34 Å². The average molecular weight is 362 g/mol. The van der Waals surface area contributed by atoms with Gasteiger partial charge in [-0.15, -0.1) is 0 Å². The Kier molecular flexibility index (Phi) is 3.79. The minimum Gasteiger partial charge on any atom is -0.455 e. The Hall–Kier alpha value is -2.81. The molecule has 0 aliphatic heterocycles. The van der Waals surface area contributed by atoms with Gasteiger partial charge in [-0.2, -0.15) is 10.1 Å². The van der Waals surface area contributed by atoms with E-state index in [2.05, 4.69) is 36.1 Å². The summed E-state index contributed by atoms with van der Waals surface area (Å²) in [5, 5.41) is 17.0. The number of nitro benzene ring substituents is 1. The van der Waals surface area contributed by atoms with Crippen LogP contribution in [0.5, 0.6) is 0 Å². The zero-order chi connectivity index (χ0) is 15.5. The number of furan rings is 1. The Bertz CT molecular complexity index is 841. The van der Waals surface area contributed by atoms with E-state index in [1.807, 2.05) is 0 Å². The average Bonchev–Trinajstić information content (AvgIpc) is 3.16. The van der Waals surface area contributed by atoms with Crippen LogP contribution in [-0.4, -0.2) is 26.3 Å². The molecule has 0 unspecified atom stereocenters. The van der Waals surface area contributed by atoms with Crippen LogP contribution >= 0.6 is 15.9 Å². The fraction of sp³-hybridized carbons (Fsp3) is 0. The van der Waals surface area contributed by atoms with Gasteiger partial charge in [-0.05, 0) is 34.1 Å². The maximum Gasteiger partial charge on any atom is 0.270 e. The van der Waals surface area contributed by atoms with E-state index in [9.17, 15) is 10.1 Å². The Labute approximate surface area is 132 Å². The minimum atomic E-state index is -0.452. The summed E-state index contributed by atoms with van der Waals surface area (Å²) in [6.45, 7) is 0. The number of halogens is 1. The first-order chi connectivity index (χ1) is 10.6. The summed E-state index contributed by atoms with van der Waals surface area (Å²) in [6.07, 6.45) is 2.86. The van der Waals surface area contributed by atoms with Crippen LogP contribution in [0.2, 0.25) is 0 Å². The van der Waals surface area contributed by atoms with Crippen LogP contribution < -0.4 is 0 Å². The number of nitro groups is 1. The fourth-order valence-corrected chi connectivity index (χ4v) is 2.33. The second kappa shape index (κ2) is 5.90. The van der Waals surface area contributed by atoms with E-state index in [4.69, 9.17) is 4.42 Å². The van der Waals surface area contributed by atoms with Gasteiger partial charge < -0.3 is 4.42 Å². The first kappa shape index (κ1) is 14.1. The standard InChI is InChI=1S/C13H8BrN5O3/c14-11-5-8(19(20)21)1-3-10(11)12-4-2-9(22-12)6-15-13-16-7-17-18-13/h1-7H,(H,16,17,18)/b15-6+. The number of rotatable bonds is 4. The number of aromatic nitrogens is 3. The zero-order valence-electron chi connectivity index (χ0n) is 10.9. The number of benzene rings is 1. The highest BCUT2D eigenvalue weighted by Gasteiger charge is 2.12. The summed E-state index contributed by atoms with van der Waals surface area (Å²) in [5.41, 5.74) is 0.721. The molecule has 0 radical (unpaired) electrons. The van der Waals surface area contributed by atoms with Gasteiger partial charge in [-0.3, -0.25) is 10.1 Å². The lowest BCUT2D eigenvalue weighted by Gasteiger charge is -2.00. The largest absolute Gasteiger partial charge is 0.455 e. The lowest BCUT2D eigenvalue weighted by molar-refractivity contribution is -0.384. The maximum atomic E-state index is 10.7. The van der Waals surface area contributed by atoms with Crippen molar-refractivity contribution in [3.8, 4) is 11.3 Å². The van der Waals surface area contributed by atoms with Gasteiger partial charge >= 0.3 is 0 Å². The molecule has 3 aromatic rings. The lowest BCUT2D eigenvalue weighted by atomic mass is 10.1. The van der Waals surface area contributed by atoms with Crippen LogP contribution in [0.3, 0.4) is 0 Å². The summed E-state index contributed by atoms with van der Waals surface area (Å²) >= 11 is 3.31. The van der Waals surface area contributed by atoms with Gasteiger partial charge in [0.25, 0.3) is 5.69 Å². The van der Waals surface area contributed by atoms with Crippen molar-refractivity contribution >= 4 is 33.8 Å². The van der Waals surface area contributed by atoms with Crippen molar-refractivity contribution in [2.75, 3.05) is 0 Å². The fourth-order valence-electron chi connectivity index (χ4n) is 1.77. The van der Waals surface area contributed by atoms with Gasteiger partial charge in [0.1, 0.15) is 17.8 Å². The topological polar surface area (TPSA) is 110 Å². The molecule has 0 saturated carbocycles. The summed E-state index contributed by atoms with van der Waals surface area (Å²) in [5.74, 6) is 1.46. The third-order valence-corrected chi connectivity index (χ3v) is 3.43. The molecule has 0 fully saturated rings. The van der Waals surface area contributed by atoms with Crippen molar-refractivity contribution in [2.45, 2.75) is 0 Å². The van der Waals surface area contributed by atoms with E-state index in [1.54, 1.807) is 18.2 Å². The monoisotopic (exact) mass is 361 g/mol. The summed E-state index contributed by atoms with van der Waals surface area (Å²) in [7, 11) is 0. The molecule has 2 heterocycles. The van der Waals surface area contributed by atoms with Gasteiger partial charge in [0, 0.05) is 22.2 Å². The van der Waals surface area contributed by atoms with E-state index in [0.29, 0.717) is 27.5 Å². The third kappa shape index (κ3) is 2.93. The molecule has 0 spiro atoms. The number of aliphatic imine (C=N–C) groups is 1. The van der Waals surface area contributed by atoms with Gasteiger partial charge in [-0.25, -0.2) is 10.1 Å². The molecule has 0 saturated heterocycles. The highest BCUT2D eigenvalue weighted by molar-refractivity contribution is 9.10. The molecule has 0 aliphatic carbocycles. The molecule has 1 aromatic carbocycles. The third-order valence-electron chi connectivity index (χ3n) is 2.77. The summed E-state index contributed by atoms with van der Waals surface area (Å²) in [4.78, 5) is 18.2. The molecule has 22 heavy (non-hydrogen) atoms. The van der Waals surface area contributed by atoms with Crippen molar-refractivity contribution in [1.82, 2.24) is 15.2 Å². The van der Waals surface area contributed by atoms with Crippen LogP contribution in [0.4, 0.5) is 11.6 Å². The lowest BCUT2D eigenvalue weighted by Crippen LogP contribution is -1.88. The van der Waals surface area contributed by atoms with E-state index in [-0.39, 0.29) is 5.69 Å². The van der Waals surface area contributed by atoms with Crippen molar-refractivity contribution in [1.29, 1.82) is 0 Å². The molecule has 8 nitrogen and oxygen atoms in total. The highest BCUT2D eigenvalue weighted by Crippen LogP contribution is 2.32. The second-order valence-corrected chi connectivity index (χ2v) is 5.04. The van der Waals surface area contributed by atoms with Crippen LogP contribution in [-0.2, 0) is 0 Å². The highest BCUT2D eigenvalue weighted by atomic mass is 79.9. The van der Waals surface area contributed by atoms with Crippen LogP contribution in [0, 0.1) is 10.1 Å². The van der Waals surface area contributed by atoms with E-state index >= 15 is 0 Å². The van der Waals surface area contributed by atoms with Gasteiger partial charge in [-0.1, -0.05) is 0 Å². The molecule has 0 bridgehead atoms. The number of hydrogen-bond acceptors (Lipinski definition) is 6. The van der Waals surface area contributed by atoms with Crippen molar-refractivity contribution in [3.05, 3.63) is 57.0 Å². The summed E-state index contributed by atoms with van der Waals surface area (Å²) < 4.78 is 6.22. The van der Waals surface area contributed by atoms with E-state index in [1.165, 1.54) is 24.7 Å². The first-order valence-electron chi connectivity index (χ1n) is 6.07. The normalized spacial score (nSPS) is 11.1. The van der Waals surface area contributed by atoms with Crippen LogP contribution in [0.1, 0.15) is 5.76 Å². The van der Waals surface area contributed by atoms with E-state index in [0.717, 1.165) is 0 Å². The molecule has 1 N–H and O–H groups in total. The van der Waals surface area contributed by atoms with Crippen molar-refractivity contribution in [3.63, 3.8) is 0 Å². The molecular formula is C13H8BrN5O3. The van der Waals surface area contributed by atoms with Gasteiger partial charge in [0.15, 0.2) is 0 Å². The summed E-state index contributed by atoms with van der Waals surface area (Å²) in [6, 6.07) is 7.97. The molecule has 0 amide bonds. The quantitative estimate of drug-likeness (QED) is 0.434. The van der Waals surface area contributed by atoms with E-state index < -0.39 is 4.92 Å². The number of H-pyrrole nitrogens is 1. The Morgan fingerprint density at radius 1 is 1.36 bits per heavy atom. The van der Waals surface area contributed by atoms with Crippen LogP contribution in [0.25, 0.3) is 11.3 Å². The molecule has 110 valence electrons. The minimum absolute atomic E-state index is 0.00860. The Morgan fingerprint density at radius 3 is 2.91 bits per heavy atom. The van der Waals surface area contributed by atoms with Crippen molar-refractivity contribution in [2.24, 2.45) is 4.99 Å². The van der Waals surface area contributed by atoms with Gasteiger partial charge in [0.2, 0.25) is 5.95 Å². The second-order valence-electron chi connectivity index (χ2n) is 4.19. The smallest absolute Gasteiger partial charge is 0.270 e. The molecule has 0 aliphatic rings. The zero-order valence-corrected chi connectivity index (χ0v) is 12.5. The van der Waals surface area contributed by atoms with Gasteiger partial charge in [0.05, 0.1) is 11.1 Å². The number of hydrogen-bond donors (Lipinski definition) is 1. The maximum absolute atomic E-state index is 10.7. The Morgan fingerprint density at radius 2 is 2.23 bits per heavy atom.